The van der Waals surface area contributed by atoms with E-state index in [-0.39, 0.29) is 24.5 Å². The summed E-state index contributed by atoms with van der Waals surface area (Å²) in [6.45, 7) is 12.7. The van der Waals surface area contributed by atoms with Crippen LogP contribution in [0.3, 0.4) is 0 Å². The Morgan fingerprint density at radius 3 is 1.13 bits per heavy atom. The first-order valence-corrected chi connectivity index (χ1v) is 25.0. The summed E-state index contributed by atoms with van der Waals surface area (Å²) in [5.41, 5.74) is -0.0885. The van der Waals surface area contributed by atoms with Crippen LogP contribution in [0.25, 0.3) is 0 Å². The van der Waals surface area contributed by atoms with Gasteiger partial charge in [-0.2, -0.15) is 13.2 Å². The van der Waals surface area contributed by atoms with Gasteiger partial charge < -0.3 is 62.2 Å². The first-order valence-electron chi connectivity index (χ1n) is 25.0. The van der Waals surface area contributed by atoms with Gasteiger partial charge in [0.2, 0.25) is 0 Å². The van der Waals surface area contributed by atoms with Gasteiger partial charge in [-0.15, -0.1) is 0 Å². The smallest absolute Gasteiger partial charge is 0.416 e. The van der Waals surface area contributed by atoms with Crippen LogP contribution in [0.5, 0.6) is 0 Å². The topological polar surface area (TPSA) is 140 Å². The van der Waals surface area contributed by atoms with Gasteiger partial charge in [-0.1, -0.05) is 102 Å². The molecular formula is C51H84F3NO13. The summed E-state index contributed by atoms with van der Waals surface area (Å²) in [5.74, 6) is -0.628. The molecule has 0 spiro atoms. The minimum atomic E-state index is -4.48. The van der Waals surface area contributed by atoms with Crippen LogP contribution < -0.4 is 5.32 Å². The molecule has 0 saturated carbocycles. The second-order valence-electron chi connectivity index (χ2n) is 15.9. The molecule has 0 radical (unpaired) electrons. The van der Waals surface area contributed by atoms with Gasteiger partial charge in [-0.3, -0.25) is 0 Å². The van der Waals surface area contributed by atoms with E-state index in [1.54, 1.807) is 18.2 Å². The van der Waals surface area contributed by atoms with Crippen molar-refractivity contribution in [2.24, 2.45) is 0 Å². The fourth-order valence-corrected chi connectivity index (χ4v) is 6.49. The number of carbonyl (C=O) groups excluding carboxylic acids is 1. The molecule has 392 valence electrons. The van der Waals surface area contributed by atoms with E-state index >= 15 is 0 Å². The lowest BCUT2D eigenvalue weighted by molar-refractivity contribution is -0.137. The van der Waals surface area contributed by atoms with Gasteiger partial charge in [0, 0.05) is 12.3 Å². The van der Waals surface area contributed by atoms with Crippen molar-refractivity contribution < 1.29 is 74.8 Å². The lowest BCUT2D eigenvalue weighted by Crippen LogP contribution is -2.16. The zero-order valence-electron chi connectivity index (χ0n) is 41.0. The van der Waals surface area contributed by atoms with Crippen LogP contribution in [0.1, 0.15) is 106 Å². The average molecular weight is 976 g/mol. The summed E-state index contributed by atoms with van der Waals surface area (Å²) < 4.78 is 105. The quantitative estimate of drug-likeness (QED) is 0.0497. The predicted octanol–water partition coefficient (Wildman–Crippen LogP) is 9.88. The van der Waals surface area contributed by atoms with E-state index in [0.717, 1.165) is 25.2 Å². The van der Waals surface area contributed by atoms with E-state index in [1.165, 1.54) is 95.2 Å². The number of unbranched alkanes of at least 4 members (excludes halogenated alkanes) is 12. The molecule has 0 unspecified atom stereocenters. The number of esters is 1. The SMILES string of the molecule is CCCCCCCCCCCCCCCOCCOCCOCCOCCOCCOCCOCCOCCOCCOCCOCCOC(=O)c1ccccc1Nc1cccc(C(F)(F)F)c1. The molecular weight excluding hydrogens is 892 g/mol. The number of benzene rings is 2. The van der Waals surface area contributed by atoms with Crippen molar-refractivity contribution in [3.63, 3.8) is 0 Å². The molecule has 1 N–H and O–H groups in total. The molecule has 0 saturated heterocycles. The van der Waals surface area contributed by atoms with E-state index in [1.807, 2.05) is 0 Å². The Bertz CT molecular complexity index is 1430. The van der Waals surface area contributed by atoms with Crippen molar-refractivity contribution in [3.05, 3.63) is 59.7 Å². The first kappa shape index (κ1) is 61.2. The Morgan fingerprint density at radius 2 is 0.750 bits per heavy atom. The first-order chi connectivity index (χ1) is 33.4. The molecule has 0 fully saturated rings. The Balaban J connectivity index is 1.20. The maximum Gasteiger partial charge on any atom is 0.416 e. The van der Waals surface area contributed by atoms with Gasteiger partial charge >= 0.3 is 12.1 Å². The number of para-hydroxylation sites is 1. The molecule has 0 aromatic heterocycles. The maximum atomic E-state index is 13.1. The van der Waals surface area contributed by atoms with E-state index in [2.05, 4.69) is 12.2 Å². The van der Waals surface area contributed by atoms with Crippen LogP contribution in [0.4, 0.5) is 24.5 Å². The summed E-state index contributed by atoms with van der Waals surface area (Å²) >= 11 is 0. The highest BCUT2D eigenvalue weighted by atomic mass is 19.4. The van der Waals surface area contributed by atoms with Gasteiger partial charge in [0.15, 0.2) is 0 Å². The van der Waals surface area contributed by atoms with Crippen molar-refractivity contribution in [2.45, 2.75) is 96.6 Å². The number of hydrogen-bond acceptors (Lipinski definition) is 14. The van der Waals surface area contributed by atoms with Gasteiger partial charge in [-0.05, 0) is 36.8 Å². The number of alkyl halides is 3. The van der Waals surface area contributed by atoms with E-state index in [9.17, 15) is 18.0 Å². The molecule has 2 aromatic carbocycles. The lowest BCUT2D eigenvalue weighted by atomic mass is 10.0. The van der Waals surface area contributed by atoms with Gasteiger partial charge in [0.1, 0.15) is 6.61 Å². The number of rotatable bonds is 50. The van der Waals surface area contributed by atoms with Crippen molar-refractivity contribution in [2.75, 3.05) is 157 Å². The van der Waals surface area contributed by atoms with E-state index in [0.29, 0.717) is 138 Å². The monoisotopic (exact) mass is 976 g/mol. The molecule has 0 heterocycles. The predicted molar refractivity (Wildman–Crippen MR) is 256 cm³/mol. The van der Waals surface area contributed by atoms with Crippen molar-refractivity contribution >= 4 is 17.3 Å². The summed E-state index contributed by atoms with van der Waals surface area (Å²) in [7, 11) is 0. The normalized spacial score (nSPS) is 11.7. The van der Waals surface area contributed by atoms with Crippen LogP contribution in [0, 0.1) is 0 Å². The lowest BCUT2D eigenvalue weighted by Gasteiger charge is -2.13. The Hall–Kier alpha value is -2.94. The summed E-state index contributed by atoms with van der Waals surface area (Å²) in [5, 5.41) is 2.86. The Labute approximate surface area is 404 Å². The molecule has 14 nitrogen and oxygen atoms in total. The van der Waals surface area contributed by atoms with Crippen LogP contribution in [-0.4, -0.2) is 158 Å². The van der Waals surface area contributed by atoms with Gasteiger partial charge in [0.05, 0.1) is 156 Å². The Morgan fingerprint density at radius 1 is 0.412 bits per heavy atom. The minimum absolute atomic E-state index is 0.00247. The molecule has 0 amide bonds. The second-order valence-corrected chi connectivity index (χ2v) is 15.9. The Kier molecular flexibility index (Phi) is 40.7. The third-order valence-corrected chi connectivity index (χ3v) is 10.2. The summed E-state index contributed by atoms with van der Waals surface area (Å²) in [6.07, 6.45) is 13.2. The molecule has 0 aliphatic rings. The van der Waals surface area contributed by atoms with Crippen LogP contribution in [-0.2, 0) is 63.0 Å². The molecule has 2 rings (SSSR count). The minimum Gasteiger partial charge on any atom is -0.460 e. The van der Waals surface area contributed by atoms with Gasteiger partial charge in [0.25, 0.3) is 0 Å². The number of nitrogens with one attached hydrogen (secondary N) is 1. The number of halogens is 3. The largest absolute Gasteiger partial charge is 0.460 e. The highest BCUT2D eigenvalue weighted by molar-refractivity contribution is 5.96. The zero-order valence-corrected chi connectivity index (χ0v) is 41.0. The fraction of sp³-hybridized carbons (Fsp3) is 0.745. The highest BCUT2D eigenvalue weighted by Crippen LogP contribution is 2.32. The molecule has 17 heteroatoms. The van der Waals surface area contributed by atoms with E-state index < -0.39 is 17.7 Å². The number of carbonyl (C=O) groups is 1. The third kappa shape index (κ3) is 37.0. The maximum absolute atomic E-state index is 13.1. The van der Waals surface area contributed by atoms with Crippen LogP contribution >= 0.6 is 0 Å². The van der Waals surface area contributed by atoms with Crippen molar-refractivity contribution in [1.29, 1.82) is 0 Å². The van der Waals surface area contributed by atoms with Gasteiger partial charge in [-0.25, -0.2) is 4.79 Å². The van der Waals surface area contributed by atoms with Crippen LogP contribution in [0.15, 0.2) is 48.5 Å². The molecule has 68 heavy (non-hydrogen) atoms. The number of anilines is 2. The van der Waals surface area contributed by atoms with E-state index in [4.69, 9.17) is 56.8 Å². The molecule has 2 aromatic rings. The number of hydrogen-bond donors (Lipinski definition) is 1. The second kappa shape index (κ2) is 45.2. The summed E-state index contributed by atoms with van der Waals surface area (Å²) in [4.78, 5) is 12.6. The zero-order chi connectivity index (χ0) is 48.7. The average Bonchev–Trinajstić information content (AvgIpc) is 3.33. The molecule has 0 bridgehead atoms. The number of ether oxygens (including phenoxy) is 12. The van der Waals surface area contributed by atoms with Crippen molar-refractivity contribution in [1.82, 2.24) is 0 Å². The highest BCUT2D eigenvalue weighted by Gasteiger charge is 2.30. The van der Waals surface area contributed by atoms with Crippen molar-refractivity contribution in [3.8, 4) is 0 Å². The third-order valence-electron chi connectivity index (χ3n) is 10.2. The fourth-order valence-electron chi connectivity index (χ4n) is 6.49. The molecule has 0 aliphatic heterocycles. The standard InChI is InChI=1S/C51H84F3NO13/c1-2-3-4-5-6-7-8-9-10-11-12-13-16-22-57-23-24-58-25-26-59-27-28-60-29-30-61-31-32-62-33-34-63-35-36-64-37-38-65-39-40-66-41-42-67-43-44-68-50(56)48-20-14-15-21-49(48)55-47-19-17-18-46(45-47)51(52,53)54/h14-15,17-21,45,55H,2-13,16,22-44H2,1H3. The summed E-state index contributed by atoms with van der Waals surface area (Å²) in [6, 6.07) is 11.2. The molecule has 0 atom stereocenters. The molecule has 0 aliphatic carbocycles. The van der Waals surface area contributed by atoms with Crippen LogP contribution in [0.2, 0.25) is 0 Å².